The molecule has 0 amide bonds. The second-order valence-corrected chi connectivity index (χ2v) is 7.44. The zero-order valence-electron chi connectivity index (χ0n) is 11.8. The molecule has 1 fully saturated rings. The molecule has 0 radical (unpaired) electrons. The van der Waals surface area contributed by atoms with Crippen molar-refractivity contribution >= 4 is 10.0 Å². The number of benzene rings is 1. The summed E-state index contributed by atoms with van der Waals surface area (Å²) in [6.45, 7) is 5.55. The van der Waals surface area contributed by atoms with Gasteiger partial charge in [-0.05, 0) is 42.9 Å². The van der Waals surface area contributed by atoms with Gasteiger partial charge in [-0.25, -0.2) is 8.42 Å². The van der Waals surface area contributed by atoms with E-state index in [9.17, 15) is 8.42 Å². The summed E-state index contributed by atoms with van der Waals surface area (Å²) in [7, 11) is -3.29. The Labute approximate surface area is 116 Å². The number of sulfonamides is 1. The number of hydrogen-bond acceptors (Lipinski definition) is 2. The van der Waals surface area contributed by atoms with E-state index < -0.39 is 10.0 Å². The monoisotopic (exact) mass is 281 g/mol. The van der Waals surface area contributed by atoms with Crippen molar-refractivity contribution in [3.05, 3.63) is 29.8 Å². The lowest BCUT2D eigenvalue weighted by Crippen LogP contribution is -2.39. The minimum atomic E-state index is -3.29. The molecule has 1 saturated heterocycles. The Morgan fingerprint density at radius 1 is 1.26 bits per heavy atom. The van der Waals surface area contributed by atoms with Crippen LogP contribution in [-0.4, -0.2) is 25.8 Å². The van der Waals surface area contributed by atoms with Gasteiger partial charge < -0.3 is 0 Å². The van der Waals surface area contributed by atoms with Crippen LogP contribution in [0.25, 0.3) is 0 Å². The third-order valence-electron chi connectivity index (χ3n) is 3.72. The Morgan fingerprint density at radius 3 is 2.53 bits per heavy atom. The van der Waals surface area contributed by atoms with E-state index in [1.165, 1.54) is 5.56 Å². The third-order valence-corrected chi connectivity index (χ3v) is 5.60. The van der Waals surface area contributed by atoms with Crippen LogP contribution in [0.5, 0.6) is 0 Å². The molecule has 1 aromatic rings. The van der Waals surface area contributed by atoms with E-state index in [2.05, 4.69) is 13.8 Å². The maximum atomic E-state index is 12.5. The molecule has 0 unspecified atom stereocenters. The Morgan fingerprint density at radius 2 is 1.95 bits per heavy atom. The summed E-state index contributed by atoms with van der Waals surface area (Å²) in [4.78, 5) is 0.432. The summed E-state index contributed by atoms with van der Waals surface area (Å²) in [6, 6.07) is 7.37. The van der Waals surface area contributed by atoms with Gasteiger partial charge in [0.1, 0.15) is 0 Å². The summed E-state index contributed by atoms with van der Waals surface area (Å²) in [5.74, 6) is 0.461. The van der Waals surface area contributed by atoms with Gasteiger partial charge in [0.15, 0.2) is 0 Å². The molecule has 0 aliphatic carbocycles. The van der Waals surface area contributed by atoms with Crippen molar-refractivity contribution in [2.75, 3.05) is 13.1 Å². The molecule has 3 nitrogen and oxygen atoms in total. The van der Waals surface area contributed by atoms with Crippen LogP contribution >= 0.6 is 0 Å². The number of hydrogen-bond donors (Lipinski definition) is 0. The molecule has 0 aromatic heterocycles. The molecule has 4 heteroatoms. The van der Waals surface area contributed by atoms with Crippen molar-refractivity contribution < 1.29 is 8.42 Å². The van der Waals surface area contributed by atoms with Gasteiger partial charge in [0.2, 0.25) is 10.0 Å². The number of nitrogens with zero attached hydrogens (tertiary/aromatic N) is 1. The predicted molar refractivity (Wildman–Crippen MR) is 77.6 cm³/mol. The number of rotatable bonds is 4. The molecule has 0 spiro atoms. The second-order valence-electron chi connectivity index (χ2n) is 5.50. The molecule has 0 saturated carbocycles. The molecule has 1 aliphatic rings. The van der Waals surface area contributed by atoms with E-state index in [4.69, 9.17) is 0 Å². The average Bonchev–Trinajstić information content (AvgIpc) is 2.40. The summed E-state index contributed by atoms with van der Waals surface area (Å²) in [6.07, 6.45) is 4.17. The first kappa shape index (κ1) is 14.5. The normalized spacial score (nSPS) is 21.5. The number of piperidine rings is 1. The molecule has 0 bridgehead atoms. The largest absolute Gasteiger partial charge is 0.243 e. The van der Waals surface area contributed by atoms with Gasteiger partial charge in [-0.1, -0.05) is 32.4 Å². The molecular weight excluding hydrogens is 258 g/mol. The fourth-order valence-corrected chi connectivity index (χ4v) is 4.23. The van der Waals surface area contributed by atoms with Crippen LogP contribution in [0, 0.1) is 5.92 Å². The van der Waals surface area contributed by atoms with Gasteiger partial charge in [0, 0.05) is 13.1 Å². The molecule has 2 rings (SSSR count). The second kappa shape index (κ2) is 6.06. The molecule has 1 aromatic carbocycles. The minimum Gasteiger partial charge on any atom is -0.207 e. The quantitative estimate of drug-likeness (QED) is 0.850. The molecular formula is C15H23NO2S. The van der Waals surface area contributed by atoms with Gasteiger partial charge in [0.05, 0.1) is 4.90 Å². The van der Waals surface area contributed by atoms with Crippen molar-refractivity contribution in [1.82, 2.24) is 4.31 Å². The lowest BCUT2D eigenvalue weighted by molar-refractivity contribution is 0.281. The molecule has 1 atom stereocenters. The van der Waals surface area contributed by atoms with Crippen molar-refractivity contribution in [2.45, 2.75) is 44.4 Å². The average molecular weight is 281 g/mol. The van der Waals surface area contributed by atoms with E-state index in [0.717, 1.165) is 25.7 Å². The Balaban J connectivity index is 2.18. The van der Waals surface area contributed by atoms with Crippen LogP contribution in [0.4, 0.5) is 0 Å². The van der Waals surface area contributed by atoms with Gasteiger partial charge in [-0.15, -0.1) is 0 Å². The minimum absolute atomic E-state index is 0.432. The maximum Gasteiger partial charge on any atom is 0.243 e. The van der Waals surface area contributed by atoms with Gasteiger partial charge in [0.25, 0.3) is 0 Å². The van der Waals surface area contributed by atoms with Crippen LogP contribution in [0.15, 0.2) is 29.2 Å². The molecule has 19 heavy (non-hydrogen) atoms. The molecule has 106 valence electrons. The highest BCUT2D eigenvalue weighted by atomic mass is 32.2. The Hall–Kier alpha value is -0.870. The Bertz CT molecular complexity index is 507. The van der Waals surface area contributed by atoms with E-state index in [1.807, 2.05) is 12.1 Å². The van der Waals surface area contributed by atoms with E-state index in [-0.39, 0.29) is 0 Å². The van der Waals surface area contributed by atoms with Crippen molar-refractivity contribution in [2.24, 2.45) is 5.92 Å². The van der Waals surface area contributed by atoms with Crippen molar-refractivity contribution in [3.63, 3.8) is 0 Å². The van der Waals surface area contributed by atoms with E-state index >= 15 is 0 Å². The van der Waals surface area contributed by atoms with E-state index in [1.54, 1.807) is 16.4 Å². The lowest BCUT2D eigenvalue weighted by atomic mass is 10.0. The lowest BCUT2D eigenvalue weighted by Gasteiger charge is -2.30. The fraction of sp³-hybridized carbons (Fsp3) is 0.600. The fourth-order valence-electron chi connectivity index (χ4n) is 2.63. The van der Waals surface area contributed by atoms with Crippen molar-refractivity contribution in [3.8, 4) is 0 Å². The first-order chi connectivity index (χ1) is 9.04. The van der Waals surface area contributed by atoms with Crippen LogP contribution < -0.4 is 0 Å². The number of aryl methyl sites for hydroxylation is 1. The van der Waals surface area contributed by atoms with Crippen LogP contribution in [-0.2, 0) is 16.4 Å². The highest BCUT2D eigenvalue weighted by Crippen LogP contribution is 2.23. The maximum absolute atomic E-state index is 12.5. The van der Waals surface area contributed by atoms with Crippen LogP contribution in [0.3, 0.4) is 0 Å². The smallest absolute Gasteiger partial charge is 0.207 e. The van der Waals surface area contributed by atoms with Crippen LogP contribution in [0.2, 0.25) is 0 Å². The van der Waals surface area contributed by atoms with Gasteiger partial charge >= 0.3 is 0 Å². The third kappa shape index (κ3) is 3.37. The van der Waals surface area contributed by atoms with Gasteiger partial charge in [-0.3, -0.25) is 0 Å². The van der Waals surface area contributed by atoms with Crippen LogP contribution in [0.1, 0.15) is 38.7 Å². The standard InChI is InChI=1S/C15H23NO2S/c1-3-5-14-7-9-15(10-8-14)19(17,18)16-11-4-6-13(2)12-16/h7-10,13H,3-6,11-12H2,1-2H3/t13-/m1/s1. The first-order valence-corrected chi connectivity index (χ1v) is 8.57. The predicted octanol–water partition coefficient (Wildman–Crippen LogP) is 3.06. The molecule has 0 N–H and O–H groups in total. The first-order valence-electron chi connectivity index (χ1n) is 7.13. The highest BCUT2D eigenvalue weighted by molar-refractivity contribution is 7.89. The summed E-state index contributed by atoms with van der Waals surface area (Å²) < 4.78 is 26.7. The topological polar surface area (TPSA) is 37.4 Å². The highest BCUT2D eigenvalue weighted by Gasteiger charge is 2.28. The Kier molecular flexibility index (Phi) is 4.63. The van der Waals surface area contributed by atoms with E-state index in [0.29, 0.717) is 23.9 Å². The summed E-state index contributed by atoms with van der Waals surface area (Å²) in [5.41, 5.74) is 1.20. The summed E-state index contributed by atoms with van der Waals surface area (Å²) in [5, 5.41) is 0. The SMILES string of the molecule is CCCc1ccc(S(=O)(=O)N2CCC[C@@H](C)C2)cc1. The van der Waals surface area contributed by atoms with Gasteiger partial charge in [-0.2, -0.15) is 4.31 Å². The molecule has 1 heterocycles. The summed E-state index contributed by atoms with van der Waals surface area (Å²) >= 11 is 0. The zero-order chi connectivity index (χ0) is 13.9. The zero-order valence-corrected chi connectivity index (χ0v) is 12.6. The van der Waals surface area contributed by atoms with Crippen molar-refractivity contribution in [1.29, 1.82) is 0 Å². The molecule has 1 aliphatic heterocycles.